The number of amidine groups is 1. The van der Waals surface area contributed by atoms with Crippen LogP contribution < -0.4 is 0 Å². The van der Waals surface area contributed by atoms with Crippen LogP contribution >= 0.6 is 0 Å². The first-order valence-corrected chi connectivity index (χ1v) is 7.60. The van der Waals surface area contributed by atoms with Crippen molar-refractivity contribution in [2.45, 2.75) is 32.1 Å². The summed E-state index contributed by atoms with van der Waals surface area (Å²) in [6.07, 6.45) is 6.89. The lowest BCUT2D eigenvalue weighted by Crippen LogP contribution is -2.42. The maximum Gasteiger partial charge on any atom is 0.246 e. The van der Waals surface area contributed by atoms with Crippen LogP contribution in [-0.4, -0.2) is 62.1 Å². The molecular weight excluding hydrogens is 256 g/mol. The van der Waals surface area contributed by atoms with E-state index in [0.29, 0.717) is 0 Å². The molecule has 0 spiro atoms. The minimum atomic E-state index is -4.41. The molecule has 0 aromatic heterocycles. The van der Waals surface area contributed by atoms with Crippen LogP contribution in [0.15, 0.2) is 0 Å². The molecule has 106 valence electrons. The van der Waals surface area contributed by atoms with Gasteiger partial charge in [-0.2, -0.15) is 0 Å². The molecule has 2 heterocycles. The SMILES string of the molecule is COS(=O)(=O)[O-].C[N+]1=C2CCCCCN2CCC1. The van der Waals surface area contributed by atoms with Gasteiger partial charge in [0.25, 0.3) is 0 Å². The molecule has 0 atom stereocenters. The van der Waals surface area contributed by atoms with Gasteiger partial charge in [0.05, 0.1) is 33.8 Å². The van der Waals surface area contributed by atoms with E-state index in [2.05, 4.69) is 20.7 Å². The molecule has 2 rings (SSSR count). The van der Waals surface area contributed by atoms with Gasteiger partial charge >= 0.3 is 0 Å². The first-order chi connectivity index (χ1) is 8.44. The molecule has 0 N–H and O–H groups in total. The van der Waals surface area contributed by atoms with Gasteiger partial charge in [-0.05, 0) is 19.3 Å². The fraction of sp³-hybridized carbons (Fsp3) is 0.909. The lowest BCUT2D eigenvalue weighted by atomic mass is 10.2. The first kappa shape index (κ1) is 15.4. The Balaban J connectivity index is 0.000000232. The van der Waals surface area contributed by atoms with Crippen molar-refractivity contribution in [3.63, 3.8) is 0 Å². The highest BCUT2D eigenvalue weighted by Crippen LogP contribution is 2.14. The van der Waals surface area contributed by atoms with Crippen LogP contribution in [0.25, 0.3) is 0 Å². The molecule has 0 saturated carbocycles. The van der Waals surface area contributed by atoms with Crippen LogP contribution in [0.4, 0.5) is 0 Å². The molecule has 0 aliphatic carbocycles. The molecule has 18 heavy (non-hydrogen) atoms. The van der Waals surface area contributed by atoms with E-state index < -0.39 is 10.4 Å². The van der Waals surface area contributed by atoms with E-state index in [4.69, 9.17) is 0 Å². The maximum absolute atomic E-state index is 9.22. The maximum atomic E-state index is 9.22. The monoisotopic (exact) mass is 278 g/mol. The van der Waals surface area contributed by atoms with E-state index in [9.17, 15) is 13.0 Å². The summed E-state index contributed by atoms with van der Waals surface area (Å²) in [5, 5.41) is 0. The predicted molar refractivity (Wildman–Crippen MR) is 67.4 cm³/mol. The Labute approximate surface area is 109 Å². The van der Waals surface area contributed by atoms with Crippen LogP contribution in [0.3, 0.4) is 0 Å². The second kappa shape index (κ2) is 7.06. The molecule has 0 radical (unpaired) electrons. The van der Waals surface area contributed by atoms with Gasteiger partial charge in [0.2, 0.25) is 16.2 Å². The Kier molecular flexibility index (Phi) is 6.04. The van der Waals surface area contributed by atoms with Crippen molar-refractivity contribution in [2.24, 2.45) is 0 Å². The van der Waals surface area contributed by atoms with Crippen LogP contribution in [0, 0.1) is 0 Å². The summed E-state index contributed by atoms with van der Waals surface area (Å²) < 4.78 is 33.5. The molecule has 0 aromatic rings. The van der Waals surface area contributed by atoms with Gasteiger partial charge in [-0.3, -0.25) is 13.7 Å². The molecule has 2 aliphatic rings. The Morgan fingerprint density at radius 1 is 1.22 bits per heavy atom. The smallest absolute Gasteiger partial charge is 0.246 e. The topological polar surface area (TPSA) is 72.7 Å². The van der Waals surface area contributed by atoms with Gasteiger partial charge in [-0.25, -0.2) is 8.42 Å². The van der Waals surface area contributed by atoms with E-state index in [-0.39, 0.29) is 0 Å². The van der Waals surface area contributed by atoms with Crippen molar-refractivity contribution in [3.05, 3.63) is 0 Å². The molecule has 0 unspecified atom stereocenters. The second-order valence-corrected chi connectivity index (χ2v) is 5.71. The lowest BCUT2D eigenvalue weighted by Gasteiger charge is -2.23. The van der Waals surface area contributed by atoms with Gasteiger partial charge in [0.15, 0.2) is 0 Å². The zero-order valence-corrected chi connectivity index (χ0v) is 11.9. The normalized spacial score (nSPS) is 20.7. The largest absolute Gasteiger partial charge is 0.726 e. The van der Waals surface area contributed by atoms with Crippen molar-refractivity contribution in [1.82, 2.24) is 4.90 Å². The molecule has 7 heteroatoms. The van der Waals surface area contributed by atoms with Crippen LogP contribution in [0.5, 0.6) is 0 Å². The van der Waals surface area contributed by atoms with E-state index >= 15 is 0 Å². The van der Waals surface area contributed by atoms with E-state index in [1.165, 1.54) is 51.7 Å². The number of nitrogens with zero attached hydrogens (tertiary/aromatic N) is 2. The minimum absolute atomic E-state index is 0.808. The summed E-state index contributed by atoms with van der Waals surface area (Å²) >= 11 is 0. The Hall–Kier alpha value is -0.660. The standard InChI is InChI=1S/C10H19N2.CH4O4S/c1-11-7-5-9-12-8-4-2-3-6-10(11)12;1-5-6(2,3)4/h2-9H2,1H3;1H3,(H,2,3,4)/q+1;/p-1. The van der Waals surface area contributed by atoms with Gasteiger partial charge in [0, 0.05) is 12.8 Å². The van der Waals surface area contributed by atoms with Crippen molar-refractivity contribution in [3.8, 4) is 0 Å². The molecule has 0 aromatic carbocycles. The third-order valence-corrected chi connectivity index (χ3v) is 3.67. The van der Waals surface area contributed by atoms with Gasteiger partial charge in [-0.1, -0.05) is 0 Å². The molecule has 1 saturated heterocycles. The molecule has 1 fully saturated rings. The number of hydrogen-bond acceptors (Lipinski definition) is 5. The van der Waals surface area contributed by atoms with Crippen LogP contribution in [0.1, 0.15) is 32.1 Å². The van der Waals surface area contributed by atoms with Crippen LogP contribution in [0.2, 0.25) is 0 Å². The Bertz CT molecular complexity index is 392. The number of rotatable bonds is 1. The molecule has 0 bridgehead atoms. The third-order valence-electron chi connectivity index (χ3n) is 3.26. The van der Waals surface area contributed by atoms with Gasteiger partial charge in [0.1, 0.15) is 0 Å². The Morgan fingerprint density at radius 2 is 1.83 bits per heavy atom. The van der Waals surface area contributed by atoms with Crippen molar-refractivity contribution < 1.29 is 21.7 Å². The van der Waals surface area contributed by atoms with Gasteiger partial charge < -0.3 is 4.55 Å². The summed E-state index contributed by atoms with van der Waals surface area (Å²) in [5.41, 5.74) is 0. The molecule has 0 amide bonds. The summed E-state index contributed by atoms with van der Waals surface area (Å²) in [5.74, 6) is 1.61. The molecular formula is C11H22N2O4S. The molecule has 6 nitrogen and oxygen atoms in total. The highest BCUT2D eigenvalue weighted by molar-refractivity contribution is 7.80. The molecule has 2 aliphatic heterocycles. The quantitative estimate of drug-likeness (QED) is 0.394. The second-order valence-electron chi connectivity index (χ2n) is 4.56. The zero-order valence-electron chi connectivity index (χ0n) is 11.1. The average molecular weight is 278 g/mol. The van der Waals surface area contributed by atoms with E-state index in [1.807, 2.05) is 0 Å². The minimum Gasteiger partial charge on any atom is -0.726 e. The zero-order chi connectivity index (χ0) is 13.6. The third kappa shape index (κ3) is 5.32. The fourth-order valence-electron chi connectivity index (χ4n) is 2.35. The van der Waals surface area contributed by atoms with Crippen molar-refractivity contribution in [1.29, 1.82) is 0 Å². The predicted octanol–water partition coefficient (Wildman–Crippen LogP) is 0.400. The highest BCUT2D eigenvalue weighted by Gasteiger charge is 2.26. The highest BCUT2D eigenvalue weighted by atomic mass is 32.3. The average Bonchev–Trinajstić information content (AvgIpc) is 2.55. The summed E-state index contributed by atoms with van der Waals surface area (Å²) in [7, 11) is -1.36. The first-order valence-electron chi connectivity index (χ1n) is 6.27. The van der Waals surface area contributed by atoms with Crippen molar-refractivity contribution in [2.75, 3.05) is 33.8 Å². The van der Waals surface area contributed by atoms with E-state index in [0.717, 1.165) is 7.11 Å². The number of fused-ring (bicyclic) bond motifs is 1. The summed E-state index contributed by atoms with van der Waals surface area (Å²) in [6.45, 7) is 3.88. The number of hydrogen-bond donors (Lipinski definition) is 0. The van der Waals surface area contributed by atoms with Crippen molar-refractivity contribution >= 4 is 16.2 Å². The lowest BCUT2D eigenvalue weighted by molar-refractivity contribution is -0.510. The van der Waals surface area contributed by atoms with Crippen LogP contribution in [-0.2, 0) is 14.6 Å². The van der Waals surface area contributed by atoms with Gasteiger partial charge in [-0.15, -0.1) is 0 Å². The fourth-order valence-corrected chi connectivity index (χ4v) is 2.35. The van der Waals surface area contributed by atoms with E-state index in [1.54, 1.807) is 5.84 Å². The Morgan fingerprint density at radius 3 is 2.44 bits per heavy atom. The summed E-state index contributed by atoms with van der Waals surface area (Å²) in [6, 6.07) is 0. The summed E-state index contributed by atoms with van der Waals surface area (Å²) in [4.78, 5) is 2.59.